The molecular formula is C15H29NO4. The zero-order valence-corrected chi connectivity index (χ0v) is 12.9. The summed E-state index contributed by atoms with van der Waals surface area (Å²) in [4.78, 5) is 19.1. The summed E-state index contributed by atoms with van der Waals surface area (Å²) in [6.45, 7) is 9.63. The molecule has 20 heavy (non-hydrogen) atoms. The number of hydrogen-bond acceptors (Lipinski definition) is 2. The normalized spacial score (nSPS) is 12.4. The van der Waals surface area contributed by atoms with Crippen LogP contribution >= 0.6 is 0 Å². The van der Waals surface area contributed by atoms with E-state index in [1.807, 2.05) is 6.08 Å². The van der Waals surface area contributed by atoms with E-state index in [1.165, 1.54) is 32.1 Å². The maximum absolute atomic E-state index is 9.58. The Morgan fingerprint density at radius 1 is 1.30 bits per heavy atom. The van der Waals surface area contributed by atoms with E-state index in [1.54, 1.807) is 5.32 Å². The van der Waals surface area contributed by atoms with E-state index in [9.17, 15) is 9.59 Å². The Morgan fingerprint density at radius 2 is 1.80 bits per heavy atom. The van der Waals surface area contributed by atoms with Gasteiger partial charge in [-0.05, 0) is 24.7 Å². The van der Waals surface area contributed by atoms with Crippen LogP contribution in [0.4, 0.5) is 4.79 Å². The fraction of sp³-hybridized carbons (Fsp3) is 0.733. The Hall–Kier alpha value is -1.52. The molecule has 5 heteroatoms. The van der Waals surface area contributed by atoms with Crippen LogP contribution in [0, 0.1) is 11.8 Å². The molecule has 0 saturated heterocycles. The highest BCUT2D eigenvalue weighted by Gasteiger charge is 2.19. The van der Waals surface area contributed by atoms with Crippen molar-refractivity contribution in [2.45, 2.75) is 52.9 Å². The van der Waals surface area contributed by atoms with Gasteiger partial charge in [0.15, 0.2) is 0 Å². The second kappa shape index (κ2) is 13.9. The first kappa shape index (κ1) is 20.8. The Balaban J connectivity index is 0. The maximum atomic E-state index is 9.58. The zero-order valence-electron chi connectivity index (χ0n) is 12.9. The number of nitrogens with one attached hydrogen (secondary N) is 1. The summed E-state index contributed by atoms with van der Waals surface area (Å²) >= 11 is 0. The van der Waals surface area contributed by atoms with Crippen molar-refractivity contribution in [2.24, 2.45) is 11.8 Å². The second-order valence-corrected chi connectivity index (χ2v) is 5.45. The van der Waals surface area contributed by atoms with Gasteiger partial charge in [0.25, 0.3) is 0 Å². The Bertz CT molecular complexity index is 256. The predicted molar refractivity (Wildman–Crippen MR) is 80.9 cm³/mol. The minimum Gasteiger partial charge on any atom is -0.480 e. The number of carboxylic acids is 1. The summed E-state index contributed by atoms with van der Waals surface area (Å²) in [6.07, 6.45) is 7.72. The molecule has 0 aromatic rings. The minimum atomic E-state index is -1.33. The average Bonchev–Trinajstić information content (AvgIpc) is 3.11. The van der Waals surface area contributed by atoms with Gasteiger partial charge in [-0.3, -0.25) is 4.79 Å². The summed E-state index contributed by atoms with van der Waals surface area (Å²) in [7, 11) is 0. The molecule has 0 spiro atoms. The third-order valence-corrected chi connectivity index (χ3v) is 2.11. The third-order valence-electron chi connectivity index (χ3n) is 2.11. The monoisotopic (exact) mass is 287 g/mol. The third kappa shape index (κ3) is 30.0. The van der Waals surface area contributed by atoms with Gasteiger partial charge in [-0.25, -0.2) is 4.79 Å². The lowest BCUT2D eigenvalue weighted by molar-refractivity contribution is -0.135. The van der Waals surface area contributed by atoms with Crippen LogP contribution in [0.3, 0.4) is 0 Å². The molecule has 3 N–H and O–H groups in total. The largest absolute Gasteiger partial charge is 0.480 e. The lowest BCUT2D eigenvalue weighted by Gasteiger charge is -1.90. The summed E-state index contributed by atoms with van der Waals surface area (Å²) in [5.74, 6) is 0.752. The number of carbonyl (C=O) groups is 2. The van der Waals surface area contributed by atoms with E-state index in [0.717, 1.165) is 11.8 Å². The lowest BCUT2D eigenvalue weighted by Crippen LogP contribution is -2.27. The highest BCUT2D eigenvalue weighted by Crippen LogP contribution is 2.33. The molecule has 0 aliphatic heterocycles. The smallest absolute Gasteiger partial charge is 0.405 e. The van der Waals surface area contributed by atoms with Gasteiger partial charge in [-0.2, -0.15) is 0 Å². The van der Waals surface area contributed by atoms with Gasteiger partial charge >= 0.3 is 12.1 Å². The summed E-state index contributed by atoms with van der Waals surface area (Å²) < 4.78 is 0. The Morgan fingerprint density at radius 3 is 2.05 bits per heavy atom. The molecule has 1 rings (SSSR count). The molecule has 5 nitrogen and oxygen atoms in total. The highest BCUT2D eigenvalue weighted by molar-refractivity contribution is 5.75. The highest BCUT2D eigenvalue weighted by atomic mass is 16.4. The van der Waals surface area contributed by atoms with Gasteiger partial charge in [-0.15, -0.1) is 6.58 Å². The number of allylic oxidation sites excluding steroid dienone is 1. The molecule has 1 fully saturated rings. The molecule has 1 aliphatic rings. The van der Waals surface area contributed by atoms with E-state index in [-0.39, 0.29) is 0 Å². The van der Waals surface area contributed by atoms with Gasteiger partial charge < -0.3 is 15.5 Å². The van der Waals surface area contributed by atoms with Crippen molar-refractivity contribution in [3.8, 4) is 0 Å². The van der Waals surface area contributed by atoms with E-state index in [0.29, 0.717) is 0 Å². The quantitative estimate of drug-likeness (QED) is 0.513. The molecule has 0 radical (unpaired) electrons. The molecule has 0 heterocycles. The Labute approximate surface area is 122 Å². The number of amides is 1. The minimum absolute atomic E-state index is 0.546. The van der Waals surface area contributed by atoms with E-state index in [4.69, 9.17) is 10.2 Å². The van der Waals surface area contributed by atoms with Gasteiger partial charge in [0.1, 0.15) is 6.54 Å². The fourth-order valence-electron chi connectivity index (χ4n) is 1.11. The van der Waals surface area contributed by atoms with Crippen LogP contribution in [-0.2, 0) is 4.79 Å². The van der Waals surface area contributed by atoms with E-state index in [2.05, 4.69) is 27.4 Å². The summed E-state index contributed by atoms with van der Waals surface area (Å²) in [5, 5.41) is 17.3. The van der Waals surface area contributed by atoms with Crippen molar-refractivity contribution in [3.63, 3.8) is 0 Å². The van der Waals surface area contributed by atoms with Crippen LogP contribution in [0.15, 0.2) is 12.7 Å². The van der Waals surface area contributed by atoms with Gasteiger partial charge in [-0.1, -0.05) is 46.1 Å². The number of hydrogen-bond donors (Lipinski definition) is 3. The number of rotatable bonds is 6. The molecule has 0 aromatic heterocycles. The molecule has 0 unspecified atom stereocenters. The van der Waals surface area contributed by atoms with Gasteiger partial charge in [0.05, 0.1) is 0 Å². The maximum Gasteiger partial charge on any atom is 0.405 e. The number of unbranched alkanes of at least 4 members (excludes halogenated alkanes) is 1. The molecule has 0 aromatic carbocycles. The van der Waals surface area contributed by atoms with Gasteiger partial charge in [0.2, 0.25) is 0 Å². The predicted octanol–water partition coefficient (Wildman–Crippen LogP) is 3.75. The first-order valence-electron chi connectivity index (χ1n) is 7.09. The molecule has 1 amide bonds. The van der Waals surface area contributed by atoms with Crippen LogP contribution < -0.4 is 5.32 Å². The number of aliphatic carboxylic acids is 1. The van der Waals surface area contributed by atoms with Crippen molar-refractivity contribution >= 4 is 12.1 Å². The first-order valence-corrected chi connectivity index (χ1v) is 7.09. The SMILES string of the molecule is C=CCCCC1CC1.CC(C)C.O=C(O)CNC(=O)O. The molecule has 118 valence electrons. The topological polar surface area (TPSA) is 86.6 Å². The van der Waals surface area contributed by atoms with Crippen molar-refractivity contribution in [3.05, 3.63) is 12.7 Å². The van der Waals surface area contributed by atoms with Crippen molar-refractivity contribution in [2.75, 3.05) is 6.54 Å². The lowest BCUT2D eigenvalue weighted by atomic mass is 10.2. The van der Waals surface area contributed by atoms with Crippen molar-refractivity contribution in [1.82, 2.24) is 5.32 Å². The van der Waals surface area contributed by atoms with Crippen LogP contribution in [0.5, 0.6) is 0 Å². The van der Waals surface area contributed by atoms with Gasteiger partial charge in [0, 0.05) is 0 Å². The van der Waals surface area contributed by atoms with Crippen molar-refractivity contribution < 1.29 is 19.8 Å². The summed E-state index contributed by atoms with van der Waals surface area (Å²) in [5.41, 5.74) is 0. The van der Waals surface area contributed by atoms with E-state index < -0.39 is 18.6 Å². The molecule has 0 bridgehead atoms. The van der Waals surface area contributed by atoms with Crippen molar-refractivity contribution in [1.29, 1.82) is 0 Å². The average molecular weight is 287 g/mol. The zero-order chi connectivity index (χ0) is 16.0. The molecule has 1 aliphatic carbocycles. The van der Waals surface area contributed by atoms with Crippen LogP contribution in [0.1, 0.15) is 52.9 Å². The fourth-order valence-corrected chi connectivity index (χ4v) is 1.11. The van der Waals surface area contributed by atoms with Crippen LogP contribution in [0.25, 0.3) is 0 Å². The molecular weight excluding hydrogens is 258 g/mol. The molecule has 0 atom stereocenters. The van der Waals surface area contributed by atoms with Crippen LogP contribution in [0.2, 0.25) is 0 Å². The number of carboxylic acid groups (broad SMARTS) is 2. The first-order chi connectivity index (χ1) is 9.29. The summed E-state index contributed by atoms with van der Waals surface area (Å²) in [6, 6.07) is 0. The second-order valence-electron chi connectivity index (χ2n) is 5.45. The Kier molecular flexibility index (Phi) is 14.5. The van der Waals surface area contributed by atoms with Crippen LogP contribution in [-0.4, -0.2) is 28.8 Å². The molecule has 1 saturated carbocycles. The standard InChI is InChI=1S/C8H14.C4H10.C3H5NO4/c1-2-3-4-5-8-6-7-8;1-4(2)3;5-2(6)1-4-3(7)8/h2,8H,1,3-7H2;4H,1-3H3;4H,1H2,(H,5,6)(H,7,8). The van der Waals surface area contributed by atoms with E-state index >= 15 is 0 Å².